The lowest BCUT2D eigenvalue weighted by Crippen LogP contribution is -2.52. The summed E-state index contributed by atoms with van der Waals surface area (Å²) in [5, 5.41) is 7.70. The van der Waals surface area contributed by atoms with Gasteiger partial charge in [0.25, 0.3) is 5.91 Å². The molecule has 1 aromatic carbocycles. The minimum Gasteiger partial charge on any atom is -0.484 e. The van der Waals surface area contributed by atoms with Gasteiger partial charge in [0.15, 0.2) is 6.61 Å². The fraction of sp³-hybridized carbons (Fsp3) is 0.357. The highest BCUT2D eigenvalue weighted by Crippen LogP contribution is 2.20. The van der Waals surface area contributed by atoms with Gasteiger partial charge in [-0.3, -0.25) is 4.79 Å². The van der Waals surface area contributed by atoms with Gasteiger partial charge in [0.05, 0.1) is 12.2 Å². The minimum atomic E-state index is 0.00266. The largest absolute Gasteiger partial charge is 0.484 e. The fourth-order valence-corrected chi connectivity index (χ4v) is 2.18. The molecular weight excluding hydrogens is 256 g/mol. The second-order valence-electron chi connectivity index (χ2n) is 4.94. The molecule has 1 aromatic heterocycles. The van der Waals surface area contributed by atoms with Gasteiger partial charge in [-0.25, -0.2) is 4.68 Å². The van der Waals surface area contributed by atoms with E-state index in [4.69, 9.17) is 4.74 Å². The molecule has 6 nitrogen and oxygen atoms in total. The lowest BCUT2D eigenvalue weighted by molar-refractivity contribution is -0.139. The van der Waals surface area contributed by atoms with Gasteiger partial charge in [-0.05, 0) is 24.6 Å². The average Bonchev–Trinajstić information content (AvgIpc) is 2.88. The number of aryl methyl sites for hydroxylation is 1. The van der Waals surface area contributed by atoms with Crippen LogP contribution in [-0.4, -0.2) is 45.5 Å². The van der Waals surface area contributed by atoms with E-state index in [2.05, 4.69) is 10.3 Å². The van der Waals surface area contributed by atoms with Gasteiger partial charge in [0, 0.05) is 19.3 Å². The van der Waals surface area contributed by atoms with Crippen molar-refractivity contribution in [3.8, 4) is 5.75 Å². The van der Waals surface area contributed by atoms with E-state index in [-0.39, 0.29) is 18.6 Å². The van der Waals surface area contributed by atoms with Crippen LogP contribution in [0, 0.1) is 6.92 Å². The first kappa shape index (κ1) is 12.7. The van der Waals surface area contributed by atoms with Crippen LogP contribution in [0.25, 0.3) is 0 Å². The van der Waals surface area contributed by atoms with Crippen molar-refractivity contribution < 1.29 is 9.53 Å². The summed E-state index contributed by atoms with van der Waals surface area (Å²) in [5.74, 6) is 0.731. The average molecular weight is 272 g/mol. The molecule has 2 heterocycles. The Morgan fingerprint density at radius 2 is 2.30 bits per heavy atom. The molecule has 1 aliphatic heterocycles. The first-order valence-corrected chi connectivity index (χ1v) is 6.55. The van der Waals surface area contributed by atoms with Crippen LogP contribution in [0.3, 0.4) is 0 Å². The van der Waals surface area contributed by atoms with E-state index in [0.29, 0.717) is 13.1 Å². The maximum Gasteiger partial charge on any atom is 0.260 e. The van der Waals surface area contributed by atoms with Crippen LogP contribution in [0.15, 0.2) is 36.7 Å². The van der Waals surface area contributed by atoms with Crippen LogP contribution in [0.4, 0.5) is 0 Å². The number of hydrogen-bond donors (Lipinski definition) is 0. The number of carbonyl (C=O) groups is 1. The van der Waals surface area contributed by atoms with Gasteiger partial charge in [-0.1, -0.05) is 17.3 Å². The van der Waals surface area contributed by atoms with E-state index in [1.165, 1.54) is 0 Å². The highest BCUT2D eigenvalue weighted by atomic mass is 16.5. The Morgan fingerprint density at radius 3 is 3.00 bits per heavy atom. The summed E-state index contributed by atoms with van der Waals surface area (Å²) in [5.41, 5.74) is 1.12. The lowest BCUT2D eigenvalue weighted by Gasteiger charge is -2.38. The summed E-state index contributed by atoms with van der Waals surface area (Å²) in [6.45, 7) is 3.40. The lowest BCUT2D eigenvalue weighted by atomic mass is 10.1. The topological polar surface area (TPSA) is 60.2 Å². The maximum atomic E-state index is 12.0. The quantitative estimate of drug-likeness (QED) is 0.834. The molecular formula is C14H16N4O2. The number of ether oxygens (including phenoxy) is 1. The zero-order valence-corrected chi connectivity index (χ0v) is 11.3. The molecule has 1 amide bonds. The van der Waals surface area contributed by atoms with E-state index >= 15 is 0 Å². The van der Waals surface area contributed by atoms with E-state index in [1.807, 2.05) is 37.4 Å². The Kier molecular flexibility index (Phi) is 3.37. The van der Waals surface area contributed by atoms with Gasteiger partial charge in [-0.15, -0.1) is 5.10 Å². The van der Waals surface area contributed by atoms with Crippen LogP contribution in [-0.2, 0) is 4.79 Å². The Morgan fingerprint density at radius 1 is 1.45 bits per heavy atom. The van der Waals surface area contributed by atoms with Gasteiger partial charge in [0.2, 0.25) is 0 Å². The molecule has 0 unspecified atom stereocenters. The molecule has 0 saturated carbocycles. The molecule has 6 heteroatoms. The van der Waals surface area contributed by atoms with Crippen LogP contribution >= 0.6 is 0 Å². The summed E-state index contributed by atoms with van der Waals surface area (Å²) >= 11 is 0. The van der Waals surface area contributed by atoms with Crippen LogP contribution in [0.5, 0.6) is 5.75 Å². The standard InChI is InChI=1S/C14H16N4O2/c1-11-3-2-4-13(7-11)20-10-14(19)17-8-12(9-17)18-6-5-15-16-18/h2-7,12H,8-10H2,1H3. The van der Waals surface area contributed by atoms with Crippen molar-refractivity contribution in [1.82, 2.24) is 19.9 Å². The normalized spacial score (nSPS) is 14.9. The van der Waals surface area contributed by atoms with Crippen molar-refractivity contribution >= 4 is 5.91 Å². The smallest absolute Gasteiger partial charge is 0.260 e. The van der Waals surface area contributed by atoms with E-state index < -0.39 is 0 Å². The van der Waals surface area contributed by atoms with Gasteiger partial charge in [0.1, 0.15) is 5.75 Å². The Balaban J connectivity index is 1.47. The van der Waals surface area contributed by atoms with Crippen molar-refractivity contribution in [3.05, 3.63) is 42.2 Å². The highest BCUT2D eigenvalue weighted by molar-refractivity contribution is 5.78. The van der Waals surface area contributed by atoms with Crippen LogP contribution < -0.4 is 4.74 Å². The first-order valence-electron chi connectivity index (χ1n) is 6.55. The van der Waals surface area contributed by atoms with Crippen LogP contribution in [0.1, 0.15) is 11.6 Å². The third kappa shape index (κ3) is 2.64. The fourth-order valence-electron chi connectivity index (χ4n) is 2.18. The van der Waals surface area contributed by atoms with Crippen molar-refractivity contribution in [1.29, 1.82) is 0 Å². The molecule has 2 aromatic rings. The summed E-state index contributed by atoms with van der Waals surface area (Å²) < 4.78 is 7.29. The predicted octanol–water partition coefficient (Wildman–Crippen LogP) is 1.05. The highest BCUT2D eigenvalue weighted by Gasteiger charge is 2.32. The molecule has 20 heavy (non-hydrogen) atoms. The summed E-state index contributed by atoms with van der Waals surface area (Å²) in [4.78, 5) is 13.7. The third-order valence-corrected chi connectivity index (χ3v) is 3.38. The number of amides is 1. The molecule has 1 fully saturated rings. The van der Waals surface area contributed by atoms with Gasteiger partial charge in [-0.2, -0.15) is 0 Å². The van der Waals surface area contributed by atoms with Crippen molar-refractivity contribution in [2.45, 2.75) is 13.0 Å². The number of likely N-dealkylation sites (tertiary alicyclic amines) is 1. The maximum absolute atomic E-state index is 12.0. The van der Waals surface area contributed by atoms with Crippen molar-refractivity contribution in [3.63, 3.8) is 0 Å². The van der Waals surface area contributed by atoms with E-state index in [9.17, 15) is 4.79 Å². The third-order valence-electron chi connectivity index (χ3n) is 3.38. The Labute approximate surface area is 117 Å². The minimum absolute atomic E-state index is 0.00266. The molecule has 0 bridgehead atoms. The Bertz CT molecular complexity index is 591. The summed E-state index contributed by atoms with van der Waals surface area (Å²) in [7, 11) is 0. The zero-order chi connectivity index (χ0) is 13.9. The second-order valence-corrected chi connectivity index (χ2v) is 4.94. The molecule has 0 aliphatic carbocycles. The predicted molar refractivity (Wildman–Crippen MR) is 72.3 cm³/mol. The molecule has 3 rings (SSSR count). The number of rotatable bonds is 4. The molecule has 0 spiro atoms. The van der Waals surface area contributed by atoms with Crippen LogP contribution in [0.2, 0.25) is 0 Å². The SMILES string of the molecule is Cc1cccc(OCC(=O)N2CC(n3ccnn3)C2)c1. The molecule has 1 aliphatic rings. The second kappa shape index (κ2) is 5.32. The molecule has 0 atom stereocenters. The first-order chi connectivity index (χ1) is 9.72. The number of nitrogens with zero attached hydrogens (tertiary/aromatic N) is 4. The van der Waals surface area contributed by atoms with Gasteiger partial charge < -0.3 is 9.64 Å². The van der Waals surface area contributed by atoms with E-state index in [0.717, 1.165) is 11.3 Å². The molecule has 0 radical (unpaired) electrons. The number of aromatic nitrogens is 3. The molecule has 1 saturated heterocycles. The zero-order valence-electron chi connectivity index (χ0n) is 11.3. The number of carbonyl (C=O) groups excluding carboxylic acids is 1. The summed E-state index contributed by atoms with van der Waals surface area (Å²) in [6.07, 6.45) is 3.46. The van der Waals surface area contributed by atoms with Crippen molar-refractivity contribution in [2.24, 2.45) is 0 Å². The monoisotopic (exact) mass is 272 g/mol. The number of benzene rings is 1. The van der Waals surface area contributed by atoms with Crippen molar-refractivity contribution in [2.75, 3.05) is 19.7 Å². The molecule has 104 valence electrons. The van der Waals surface area contributed by atoms with E-state index in [1.54, 1.807) is 15.8 Å². The molecule has 0 N–H and O–H groups in total. The number of hydrogen-bond acceptors (Lipinski definition) is 4. The Hall–Kier alpha value is -2.37. The summed E-state index contributed by atoms with van der Waals surface area (Å²) in [6, 6.07) is 7.92. The van der Waals surface area contributed by atoms with Gasteiger partial charge >= 0.3 is 0 Å².